The number of carbonyl (C=O) groups is 1. The molecule has 0 saturated carbocycles. The first kappa shape index (κ1) is 11.5. The Balaban J connectivity index is 1.99. The van der Waals surface area contributed by atoms with E-state index in [1.165, 1.54) is 6.07 Å². The second kappa shape index (κ2) is 4.92. The van der Waals surface area contributed by atoms with Crippen LogP contribution in [0.3, 0.4) is 0 Å². The van der Waals surface area contributed by atoms with Gasteiger partial charge in [0.05, 0.1) is 6.54 Å². The number of phenols is 1. The van der Waals surface area contributed by atoms with E-state index in [9.17, 15) is 9.90 Å². The van der Waals surface area contributed by atoms with Crippen LogP contribution in [0, 0.1) is 0 Å². The van der Waals surface area contributed by atoms with Gasteiger partial charge in [-0.1, -0.05) is 0 Å². The first-order valence-corrected chi connectivity index (χ1v) is 5.23. The molecule has 0 spiro atoms. The van der Waals surface area contributed by atoms with Crippen LogP contribution in [0.1, 0.15) is 5.56 Å². The molecule has 3 N–H and O–H groups in total. The van der Waals surface area contributed by atoms with Crippen molar-refractivity contribution in [2.75, 3.05) is 20.4 Å². The van der Waals surface area contributed by atoms with E-state index in [-0.39, 0.29) is 25.0 Å². The van der Waals surface area contributed by atoms with E-state index in [2.05, 4.69) is 10.6 Å². The standard InChI is InChI=1S/C11H14N2O4/c1-12-11(15)5-13-4-7-2-9-10(3-8(7)14)17-6-16-9/h2-3,13-14H,4-6H2,1H3,(H,12,15). The molecule has 0 saturated heterocycles. The molecular weight excluding hydrogens is 224 g/mol. The van der Waals surface area contributed by atoms with Gasteiger partial charge in [-0.2, -0.15) is 0 Å². The van der Waals surface area contributed by atoms with E-state index in [1.54, 1.807) is 13.1 Å². The maximum atomic E-state index is 11.0. The molecule has 0 fully saturated rings. The zero-order valence-corrected chi connectivity index (χ0v) is 9.45. The molecule has 1 amide bonds. The Bertz CT molecular complexity index is 434. The average molecular weight is 238 g/mol. The molecule has 2 rings (SSSR count). The molecule has 0 aliphatic carbocycles. The summed E-state index contributed by atoms with van der Waals surface area (Å²) in [6.45, 7) is 0.754. The van der Waals surface area contributed by atoms with Crippen molar-refractivity contribution in [2.24, 2.45) is 0 Å². The van der Waals surface area contributed by atoms with Crippen LogP contribution in [0.25, 0.3) is 0 Å². The van der Waals surface area contributed by atoms with Crippen LogP contribution in [0.15, 0.2) is 12.1 Å². The van der Waals surface area contributed by atoms with E-state index in [1.807, 2.05) is 0 Å². The van der Waals surface area contributed by atoms with Crippen LogP contribution in [0.4, 0.5) is 0 Å². The monoisotopic (exact) mass is 238 g/mol. The van der Waals surface area contributed by atoms with Gasteiger partial charge in [0, 0.05) is 25.2 Å². The third kappa shape index (κ3) is 2.59. The molecule has 1 heterocycles. The van der Waals surface area contributed by atoms with Gasteiger partial charge in [0.1, 0.15) is 5.75 Å². The Morgan fingerprint density at radius 3 is 2.82 bits per heavy atom. The SMILES string of the molecule is CNC(=O)CNCc1cc2c(cc1O)OCO2. The highest BCUT2D eigenvalue weighted by molar-refractivity contribution is 5.77. The molecule has 1 aromatic rings. The number of phenolic OH excluding ortho intramolecular Hbond substituents is 1. The quantitative estimate of drug-likeness (QED) is 0.685. The van der Waals surface area contributed by atoms with E-state index in [0.29, 0.717) is 23.6 Å². The van der Waals surface area contributed by atoms with E-state index < -0.39 is 0 Å². The summed E-state index contributed by atoms with van der Waals surface area (Å²) in [7, 11) is 1.57. The zero-order chi connectivity index (χ0) is 12.3. The smallest absolute Gasteiger partial charge is 0.233 e. The average Bonchev–Trinajstić information content (AvgIpc) is 2.76. The van der Waals surface area contributed by atoms with Gasteiger partial charge in [0.25, 0.3) is 0 Å². The molecule has 0 atom stereocenters. The van der Waals surface area contributed by atoms with Crippen LogP contribution < -0.4 is 20.1 Å². The van der Waals surface area contributed by atoms with Crippen molar-refractivity contribution in [3.05, 3.63) is 17.7 Å². The zero-order valence-electron chi connectivity index (χ0n) is 9.45. The number of rotatable bonds is 4. The third-order valence-electron chi connectivity index (χ3n) is 2.45. The lowest BCUT2D eigenvalue weighted by molar-refractivity contribution is -0.119. The lowest BCUT2D eigenvalue weighted by atomic mass is 10.1. The van der Waals surface area contributed by atoms with Gasteiger partial charge in [-0.3, -0.25) is 4.79 Å². The van der Waals surface area contributed by atoms with Gasteiger partial charge in [0.15, 0.2) is 11.5 Å². The number of hydrogen-bond acceptors (Lipinski definition) is 5. The summed E-state index contributed by atoms with van der Waals surface area (Å²) in [6.07, 6.45) is 0. The molecule has 0 aromatic heterocycles. The molecule has 6 nitrogen and oxygen atoms in total. The van der Waals surface area contributed by atoms with Gasteiger partial charge < -0.3 is 25.2 Å². The van der Waals surface area contributed by atoms with Crippen LogP contribution >= 0.6 is 0 Å². The van der Waals surface area contributed by atoms with Crippen molar-refractivity contribution in [1.29, 1.82) is 0 Å². The van der Waals surface area contributed by atoms with Gasteiger partial charge >= 0.3 is 0 Å². The van der Waals surface area contributed by atoms with Gasteiger partial charge in [0.2, 0.25) is 12.7 Å². The van der Waals surface area contributed by atoms with Gasteiger partial charge in [-0.15, -0.1) is 0 Å². The number of amides is 1. The Hall–Kier alpha value is -1.95. The minimum absolute atomic E-state index is 0.106. The molecular formula is C11H14N2O4. The number of fused-ring (bicyclic) bond motifs is 1. The molecule has 1 aliphatic heterocycles. The fourth-order valence-corrected chi connectivity index (χ4v) is 1.51. The summed E-state index contributed by atoms with van der Waals surface area (Å²) >= 11 is 0. The molecule has 1 aliphatic rings. The van der Waals surface area contributed by atoms with Crippen molar-refractivity contribution in [2.45, 2.75) is 6.54 Å². The Kier molecular flexibility index (Phi) is 3.34. The topological polar surface area (TPSA) is 79.8 Å². The summed E-state index contributed by atoms with van der Waals surface area (Å²) in [6, 6.07) is 3.22. The summed E-state index contributed by atoms with van der Waals surface area (Å²) < 4.78 is 10.3. The van der Waals surface area contributed by atoms with Crippen LogP contribution in [0.5, 0.6) is 17.2 Å². The Morgan fingerprint density at radius 2 is 2.12 bits per heavy atom. The molecule has 0 unspecified atom stereocenters. The van der Waals surface area contributed by atoms with E-state index >= 15 is 0 Å². The lowest BCUT2D eigenvalue weighted by Crippen LogP contribution is -2.30. The second-order valence-corrected chi connectivity index (χ2v) is 3.61. The predicted molar refractivity (Wildman–Crippen MR) is 60.0 cm³/mol. The summed E-state index contributed by atoms with van der Waals surface area (Å²) in [5.74, 6) is 1.17. The normalized spacial score (nSPS) is 12.5. The van der Waals surface area contributed by atoms with Crippen molar-refractivity contribution >= 4 is 5.91 Å². The lowest BCUT2D eigenvalue weighted by Gasteiger charge is -2.07. The van der Waals surface area contributed by atoms with Crippen molar-refractivity contribution in [1.82, 2.24) is 10.6 Å². The van der Waals surface area contributed by atoms with Crippen molar-refractivity contribution in [3.8, 4) is 17.2 Å². The number of hydrogen-bond donors (Lipinski definition) is 3. The second-order valence-electron chi connectivity index (χ2n) is 3.61. The summed E-state index contributed by atoms with van der Waals surface area (Å²) in [5.41, 5.74) is 0.665. The number of carbonyl (C=O) groups excluding carboxylic acids is 1. The highest BCUT2D eigenvalue weighted by Crippen LogP contribution is 2.37. The van der Waals surface area contributed by atoms with Crippen LogP contribution in [-0.4, -0.2) is 31.4 Å². The maximum Gasteiger partial charge on any atom is 0.233 e. The number of likely N-dealkylation sites (N-methyl/N-ethyl adjacent to an activating group) is 1. The molecule has 17 heavy (non-hydrogen) atoms. The molecule has 6 heteroatoms. The fourth-order valence-electron chi connectivity index (χ4n) is 1.51. The van der Waals surface area contributed by atoms with E-state index in [0.717, 1.165) is 0 Å². The van der Waals surface area contributed by atoms with Crippen LogP contribution in [-0.2, 0) is 11.3 Å². The highest BCUT2D eigenvalue weighted by atomic mass is 16.7. The van der Waals surface area contributed by atoms with Crippen molar-refractivity contribution in [3.63, 3.8) is 0 Å². The third-order valence-corrected chi connectivity index (χ3v) is 2.45. The minimum Gasteiger partial charge on any atom is -0.507 e. The highest BCUT2D eigenvalue weighted by Gasteiger charge is 2.16. The molecule has 0 bridgehead atoms. The number of nitrogens with one attached hydrogen (secondary N) is 2. The van der Waals surface area contributed by atoms with Gasteiger partial charge in [-0.25, -0.2) is 0 Å². The molecule has 1 aromatic carbocycles. The van der Waals surface area contributed by atoms with E-state index in [4.69, 9.17) is 9.47 Å². The summed E-state index contributed by atoms with van der Waals surface area (Å²) in [5, 5.41) is 15.1. The number of benzene rings is 1. The Morgan fingerprint density at radius 1 is 1.41 bits per heavy atom. The largest absolute Gasteiger partial charge is 0.507 e. The van der Waals surface area contributed by atoms with Gasteiger partial charge in [-0.05, 0) is 6.07 Å². The molecule has 92 valence electrons. The first-order valence-electron chi connectivity index (χ1n) is 5.23. The molecule has 0 radical (unpaired) electrons. The fraction of sp³-hybridized carbons (Fsp3) is 0.364. The number of ether oxygens (including phenoxy) is 2. The Labute approximate surface area is 98.5 Å². The minimum atomic E-state index is -0.106. The van der Waals surface area contributed by atoms with Crippen molar-refractivity contribution < 1.29 is 19.4 Å². The summed E-state index contributed by atoms with van der Waals surface area (Å²) in [4.78, 5) is 11.0. The predicted octanol–water partition coefficient (Wildman–Crippen LogP) is -0.0435. The maximum absolute atomic E-state index is 11.0. The van der Waals surface area contributed by atoms with Crippen LogP contribution in [0.2, 0.25) is 0 Å². The first-order chi connectivity index (χ1) is 8.20. The number of aromatic hydroxyl groups is 1.